The van der Waals surface area contributed by atoms with Crippen molar-refractivity contribution in [3.8, 4) is 0 Å². The van der Waals surface area contributed by atoms with E-state index in [1.54, 1.807) is 0 Å². The predicted molar refractivity (Wildman–Crippen MR) is 64.8 cm³/mol. The predicted octanol–water partition coefficient (Wildman–Crippen LogP) is 1.84. The molecule has 0 spiro atoms. The summed E-state index contributed by atoms with van der Waals surface area (Å²) >= 11 is 0. The molecule has 3 nitrogen and oxygen atoms in total. The van der Waals surface area contributed by atoms with Crippen LogP contribution in [-0.4, -0.2) is 16.6 Å². The van der Waals surface area contributed by atoms with E-state index in [0.29, 0.717) is 0 Å². The molecular formula is C14H17NO2. The number of rotatable bonds is 4. The van der Waals surface area contributed by atoms with Gasteiger partial charge < -0.3 is 10.8 Å². The summed E-state index contributed by atoms with van der Waals surface area (Å²) in [6.45, 7) is 0. The van der Waals surface area contributed by atoms with Gasteiger partial charge in [-0.3, -0.25) is 4.79 Å². The van der Waals surface area contributed by atoms with Crippen LogP contribution < -0.4 is 5.73 Å². The third kappa shape index (κ3) is 1.75. The van der Waals surface area contributed by atoms with Gasteiger partial charge in [0.1, 0.15) is 0 Å². The molecule has 0 atom stereocenters. The number of carboxylic acid groups (broad SMARTS) is 1. The standard InChI is InChI=1S/C14H17NO2/c15-13(5-6-13)9-10-3-1-2-4-11(10)14(7-8-14)12(16)17/h1-4H,5-9,15H2,(H,16,17). The van der Waals surface area contributed by atoms with Crippen molar-refractivity contribution in [2.24, 2.45) is 5.73 Å². The van der Waals surface area contributed by atoms with Crippen LogP contribution in [-0.2, 0) is 16.6 Å². The Morgan fingerprint density at radius 3 is 2.41 bits per heavy atom. The summed E-state index contributed by atoms with van der Waals surface area (Å²) in [5.41, 5.74) is 7.59. The smallest absolute Gasteiger partial charge is 0.314 e. The lowest BCUT2D eigenvalue weighted by Crippen LogP contribution is -2.28. The molecule has 2 saturated carbocycles. The molecule has 3 rings (SSSR count). The highest BCUT2D eigenvalue weighted by Crippen LogP contribution is 2.50. The van der Waals surface area contributed by atoms with Crippen LogP contribution in [0.1, 0.15) is 36.8 Å². The van der Waals surface area contributed by atoms with Crippen LogP contribution in [0.2, 0.25) is 0 Å². The van der Waals surface area contributed by atoms with Crippen molar-refractivity contribution in [1.82, 2.24) is 0 Å². The molecule has 17 heavy (non-hydrogen) atoms. The lowest BCUT2D eigenvalue weighted by Gasteiger charge is -2.18. The van der Waals surface area contributed by atoms with Gasteiger partial charge in [0.05, 0.1) is 5.41 Å². The Bertz CT molecular complexity index is 473. The Labute approximate surface area is 101 Å². The summed E-state index contributed by atoms with van der Waals surface area (Å²) in [6, 6.07) is 7.90. The minimum absolute atomic E-state index is 0.0648. The van der Waals surface area contributed by atoms with Crippen molar-refractivity contribution >= 4 is 5.97 Å². The summed E-state index contributed by atoms with van der Waals surface area (Å²) in [5.74, 6) is -0.688. The van der Waals surface area contributed by atoms with E-state index >= 15 is 0 Å². The number of hydrogen-bond acceptors (Lipinski definition) is 2. The first kappa shape index (κ1) is 10.8. The minimum Gasteiger partial charge on any atom is -0.481 e. The van der Waals surface area contributed by atoms with Crippen LogP contribution in [0.4, 0.5) is 0 Å². The zero-order chi connectivity index (χ0) is 12.1. The van der Waals surface area contributed by atoms with Crippen LogP contribution in [0.25, 0.3) is 0 Å². The number of aliphatic carboxylic acids is 1. The first-order valence-corrected chi connectivity index (χ1v) is 6.17. The Morgan fingerprint density at radius 2 is 1.88 bits per heavy atom. The first-order chi connectivity index (χ1) is 8.06. The highest BCUT2D eigenvalue weighted by molar-refractivity contribution is 5.85. The summed E-state index contributed by atoms with van der Waals surface area (Å²) in [5, 5.41) is 9.36. The zero-order valence-electron chi connectivity index (χ0n) is 9.78. The summed E-state index contributed by atoms with van der Waals surface area (Å²) in [7, 11) is 0. The van der Waals surface area contributed by atoms with E-state index in [2.05, 4.69) is 0 Å². The average Bonchev–Trinajstić information content (AvgIpc) is 3.17. The Kier molecular flexibility index (Phi) is 2.11. The molecular weight excluding hydrogens is 214 g/mol. The molecule has 1 aromatic carbocycles. The highest BCUT2D eigenvalue weighted by Gasteiger charge is 2.53. The molecule has 2 aliphatic carbocycles. The van der Waals surface area contributed by atoms with Gasteiger partial charge in [-0.1, -0.05) is 24.3 Å². The minimum atomic E-state index is -0.688. The van der Waals surface area contributed by atoms with Crippen molar-refractivity contribution in [3.63, 3.8) is 0 Å². The molecule has 0 aliphatic heterocycles. The lowest BCUT2D eigenvalue weighted by atomic mass is 9.88. The van der Waals surface area contributed by atoms with E-state index < -0.39 is 11.4 Å². The normalized spacial score (nSPS) is 23.1. The molecule has 0 radical (unpaired) electrons. The van der Waals surface area contributed by atoms with Crippen LogP contribution in [0, 0.1) is 0 Å². The van der Waals surface area contributed by atoms with E-state index in [9.17, 15) is 9.90 Å². The van der Waals surface area contributed by atoms with Gasteiger partial charge in [-0.2, -0.15) is 0 Å². The van der Waals surface area contributed by atoms with E-state index in [4.69, 9.17) is 5.73 Å². The van der Waals surface area contributed by atoms with Crippen molar-refractivity contribution in [3.05, 3.63) is 35.4 Å². The van der Waals surface area contributed by atoms with Gasteiger partial charge in [-0.25, -0.2) is 0 Å². The SMILES string of the molecule is NC1(Cc2ccccc2C2(C(=O)O)CC2)CC1. The van der Waals surface area contributed by atoms with Crippen LogP contribution in [0.15, 0.2) is 24.3 Å². The van der Waals surface area contributed by atoms with Crippen molar-refractivity contribution in [2.75, 3.05) is 0 Å². The fourth-order valence-corrected chi connectivity index (χ4v) is 2.58. The second-order valence-corrected chi connectivity index (χ2v) is 5.58. The Hall–Kier alpha value is -1.35. The Balaban J connectivity index is 1.96. The van der Waals surface area contributed by atoms with E-state index in [0.717, 1.165) is 43.2 Å². The molecule has 0 saturated heterocycles. The van der Waals surface area contributed by atoms with E-state index in [1.165, 1.54) is 0 Å². The summed E-state index contributed by atoms with van der Waals surface area (Å²) in [4.78, 5) is 11.4. The van der Waals surface area contributed by atoms with Crippen molar-refractivity contribution in [1.29, 1.82) is 0 Å². The third-order valence-corrected chi connectivity index (χ3v) is 4.13. The lowest BCUT2D eigenvalue weighted by molar-refractivity contribution is -0.140. The Morgan fingerprint density at radius 1 is 1.24 bits per heavy atom. The zero-order valence-corrected chi connectivity index (χ0v) is 9.78. The van der Waals surface area contributed by atoms with E-state index in [1.807, 2.05) is 24.3 Å². The van der Waals surface area contributed by atoms with Gasteiger partial charge in [0, 0.05) is 5.54 Å². The maximum atomic E-state index is 11.4. The summed E-state index contributed by atoms with van der Waals surface area (Å²) in [6.07, 6.45) is 4.45. The maximum absolute atomic E-state index is 11.4. The molecule has 2 fully saturated rings. The van der Waals surface area contributed by atoms with Gasteiger partial charge in [0.2, 0.25) is 0 Å². The number of hydrogen-bond donors (Lipinski definition) is 2. The topological polar surface area (TPSA) is 63.3 Å². The van der Waals surface area contributed by atoms with Gasteiger partial charge in [-0.05, 0) is 43.2 Å². The molecule has 3 N–H and O–H groups in total. The van der Waals surface area contributed by atoms with Crippen LogP contribution >= 0.6 is 0 Å². The molecule has 2 aliphatic rings. The fraction of sp³-hybridized carbons (Fsp3) is 0.500. The van der Waals surface area contributed by atoms with Crippen molar-refractivity contribution < 1.29 is 9.90 Å². The number of benzene rings is 1. The van der Waals surface area contributed by atoms with Gasteiger partial charge >= 0.3 is 5.97 Å². The molecule has 0 heterocycles. The third-order valence-electron chi connectivity index (χ3n) is 4.13. The van der Waals surface area contributed by atoms with Gasteiger partial charge in [0.15, 0.2) is 0 Å². The second-order valence-electron chi connectivity index (χ2n) is 5.58. The molecule has 3 heteroatoms. The highest BCUT2D eigenvalue weighted by atomic mass is 16.4. The van der Waals surface area contributed by atoms with Gasteiger partial charge in [-0.15, -0.1) is 0 Å². The quantitative estimate of drug-likeness (QED) is 0.831. The maximum Gasteiger partial charge on any atom is 0.314 e. The van der Waals surface area contributed by atoms with Crippen molar-refractivity contribution in [2.45, 2.75) is 43.1 Å². The number of carbonyl (C=O) groups is 1. The second kappa shape index (κ2) is 3.33. The summed E-state index contributed by atoms with van der Waals surface area (Å²) < 4.78 is 0. The molecule has 0 bridgehead atoms. The number of carboxylic acids is 1. The molecule has 1 aromatic rings. The van der Waals surface area contributed by atoms with Gasteiger partial charge in [0.25, 0.3) is 0 Å². The largest absolute Gasteiger partial charge is 0.481 e. The molecule has 0 unspecified atom stereocenters. The average molecular weight is 231 g/mol. The number of nitrogens with two attached hydrogens (primary N) is 1. The molecule has 0 amide bonds. The first-order valence-electron chi connectivity index (χ1n) is 6.17. The van der Waals surface area contributed by atoms with Crippen LogP contribution in [0.3, 0.4) is 0 Å². The van der Waals surface area contributed by atoms with E-state index in [-0.39, 0.29) is 5.54 Å². The fourth-order valence-electron chi connectivity index (χ4n) is 2.58. The molecule has 90 valence electrons. The molecule has 0 aromatic heterocycles. The monoisotopic (exact) mass is 231 g/mol. The van der Waals surface area contributed by atoms with Crippen LogP contribution in [0.5, 0.6) is 0 Å².